The van der Waals surface area contributed by atoms with Crippen molar-refractivity contribution >= 4 is 37.4 Å². The van der Waals surface area contributed by atoms with Crippen molar-refractivity contribution in [3.63, 3.8) is 0 Å². The van der Waals surface area contributed by atoms with E-state index in [0.29, 0.717) is 16.7 Å². The third kappa shape index (κ3) is 3.32. The minimum absolute atomic E-state index is 0.0471. The van der Waals surface area contributed by atoms with E-state index in [2.05, 4.69) is 9.97 Å². The Morgan fingerprint density at radius 1 is 1.42 bits per heavy atom. The van der Waals surface area contributed by atoms with Crippen LogP contribution in [0.4, 0.5) is 5.69 Å². The molecule has 1 atom stereocenters. The molecule has 0 fully saturated rings. The number of anilines is 1. The summed E-state index contributed by atoms with van der Waals surface area (Å²) in [4.78, 5) is 7.08. The predicted molar refractivity (Wildman–Crippen MR) is 76.1 cm³/mol. The monoisotopic (exact) mass is 301 g/mol. The lowest BCUT2D eigenvalue weighted by Gasteiger charge is -1.99. The van der Waals surface area contributed by atoms with Crippen molar-refractivity contribution in [1.82, 2.24) is 9.97 Å². The molecule has 104 valence electrons. The zero-order chi connectivity index (χ0) is 14.0. The third-order valence-electron chi connectivity index (χ3n) is 2.72. The molecule has 0 spiro atoms. The smallest absolute Gasteiger partial charge is 0.197 e. The van der Waals surface area contributed by atoms with E-state index in [1.54, 1.807) is 25.1 Å². The minimum Gasteiger partial charge on any atom is -0.399 e. The highest BCUT2D eigenvalue weighted by molar-refractivity contribution is 7.93. The van der Waals surface area contributed by atoms with E-state index in [-0.39, 0.29) is 22.4 Å². The van der Waals surface area contributed by atoms with Crippen molar-refractivity contribution < 1.29 is 12.6 Å². The molecule has 1 aromatic heterocycles. The molecule has 3 N–H and O–H groups in total. The van der Waals surface area contributed by atoms with Gasteiger partial charge in [0.15, 0.2) is 15.0 Å². The fourth-order valence-electron chi connectivity index (χ4n) is 1.56. The number of nitrogens with one attached hydrogen (secondary N) is 1. The van der Waals surface area contributed by atoms with Crippen molar-refractivity contribution in [2.45, 2.75) is 12.1 Å². The number of nitrogen functional groups attached to an aromatic ring is 1. The van der Waals surface area contributed by atoms with Gasteiger partial charge in [0.1, 0.15) is 0 Å². The fraction of sp³-hybridized carbons (Fsp3) is 0.364. The molecule has 1 unspecified atom stereocenters. The van der Waals surface area contributed by atoms with Crippen LogP contribution in [0.5, 0.6) is 0 Å². The second-order valence-corrected chi connectivity index (χ2v) is 8.06. The Kier molecular flexibility index (Phi) is 3.91. The summed E-state index contributed by atoms with van der Waals surface area (Å²) in [5.41, 5.74) is 7.58. The van der Waals surface area contributed by atoms with Crippen LogP contribution in [0.3, 0.4) is 0 Å². The van der Waals surface area contributed by atoms with Crippen LogP contribution < -0.4 is 5.73 Å². The average molecular weight is 301 g/mol. The summed E-state index contributed by atoms with van der Waals surface area (Å²) in [5, 5.41) is 0.284. The molecule has 0 aliphatic heterocycles. The van der Waals surface area contributed by atoms with E-state index in [0.717, 1.165) is 0 Å². The third-order valence-corrected chi connectivity index (χ3v) is 5.88. The van der Waals surface area contributed by atoms with Crippen LogP contribution in [0.1, 0.15) is 6.92 Å². The molecule has 19 heavy (non-hydrogen) atoms. The van der Waals surface area contributed by atoms with Crippen molar-refractivity contribution in [2.75, 3.05) is 23.0 Å². The summed E-state index contributed by atoms with van der Waals surface area (Å²) in [5.74, 6) is 0.00162. The number of rotatable bonds is 5. The van der Waals surface area contributed by atoms with Crippen LogP contribution in [-0.4, -0.2) is 39.9 Å². The number of benzene rings is 1. The van der Waals surface area contributed by atoms with E-state index < -0.39 is 20.6 Å². The topological polar surface area (TPSA) is 106 Å². The first-order chi connectivity index (χ1) is 8.91. The number of hydrogen-bond donors (Lipinski definition) is 2. The van der Waals surface area contributed by atoms with Gasteiger partial charge in [-0.2, -0.15) is 0 Å². The average Bonchev–Trinajstić information content (AvgIpc) is 2.79. The number of nitrogens with two attached hydrogens (primary N) is 1. The molecule has 8 heteroatoms. The SMILES string of the molecule is CCS(=O)(=O)CCS(=O)c1nc2ccc(N)cc2[nH]1. The quantitative estimate of drug-likeness (QED) is 0.790. The Bertz CT molecular complexity index is 722. The second-order valence-electron chi connectivity index (χ2n) is 4.10. The largest absolute Gasteiger partial charge is 0.399 e. The molecular formula is C11H15N3O3S2. The molecule has 2 rings (SSSR count). The molecule has 1 heterocycles. The maximum atomic E-state index is 12.0. The summed E-state index contributed by atoms with van der Waals surface area (Å²) >= 11 is 0. The lowest BCUT2D eigenvalue weighted by Crippen LogP contribution is -2.15. The second kappa shape index (κ2) is 5.30. The van der Waals surface area contributed by atoms with Gasteiger partial charge in [-0.15, -0.1) is 0 Å². The standard InChI is InChI=1S/C11H15N3O3S2/c1-2-19(16,17)6-5-18(15)11-13-9-4-3-8(12)7-10(9)14-11/h3-4,7H,2,5-6,12H2,1H3,(H,13,14). The highest BCUT2D eigenvalue weighted by Gasteiger charge is 2.14. The highest BCUT2D eigenvalue weighted by atomic mass is 32.2. The molecule has 2 aromatic rings. The van der Waals surface area contributed by atoms with Crippen LogP contribution >= 0.6 is 0 Å². The van der Waals surface area contributed by atoms with Crippen LogP contribution in [0.15, 0.2) is 23.4 Å². The van der Waals surface area contributed by atoms with Gasteiger partial charge in [0.05, 0.1) is 27.6 Å². The van der Waals surface area contributed by atoms with E-state index in [9.17, 15) is 12.6 Å². The molecule has 0 saturated carbocycles. The molecule has 0 bridgehead atoms. The zero-order valence-corrected chi connectivity index (χ0v) is 12.1. The maximum absolute atomic E-state index is 12.0. The van der Waals surface area contributed by atoms with Gasteiger partial charge in [0.2, 0.25) is 0 Å². The van der Waals surface area contributed by atoms with Gasteiger partial charge < -0.3 is 10.7 Å². The minimum atomic E-state index is -3.11. The fourth-order valence-corrected chi connectivity index (χ4v) is 4.08. The first-order valence-corrected chi connectivity index (χ1v) is 8.89. The van der Waals surface area contributed by atoms with Crippen LogP contribution in [0, 0.1) is 0 Å². The Labute approximate surface area is 113 Å². The molecule has 0 aliphatic carbocycles. The van der Waals surface area contributed by atoms with E-state index in [1.807, 2.05) is 0 Å². The number of imidazole rings is 1. The van der Waals surface area contributed by atoms with Gasteiger partial charge in [-0.05, 0) is 18.2 Å². The Hall–Kier alpha value is -1.41. The molecule has 0 radical (unpaired) electrons. The van der Waals surface area contributed by atoms with Gasteiger partial charge in [0.25, 0.3) is 0 Å². The van der Waals surface area contributed by atoms with E-state index in [4.69, 9.17) is 5.73 Å². The summed E-state index contributed by atoms with van der Waals surface area (Å²) < 4.78 is 34.7. The van der Waals surface area contributed by atoms with Crippen LogP contribution in [0.25, 0.3) is 11.0 Å². The molecule has 0 aliphatic rings. The van der Waals surface area contributed by atoms with Gasteiger partial charge in [-0.1, -0.05) is 6.92 Å². The van der Waals surface area contributed by atoms with Crippen molar-refractivity contribution in [3.05, 3.63) is 18.2 Å². The predicted octanol–water partition coefficient (Wildman–Crippen LogP) is 0.687. The van der Waals surface area contributed by atoms with Crippen molar-refractivity contribution in [3.8, 4) is 0 Å². The maximum Gasteiger partial charge on any atom is 0.197 e. The normalized spacial score (nSPS) is 13.7. The van der Waals surface area contributed by atoms with Gasteiger partial charge in [-0.25, -0.2) is 13.4 Å². The first kappa shape index (κ1) is 14.0. The van der Waals surface area contributed by atoms with Gasteiger partial charge >= 0.3 is 0 Å². The molecule has 0 amide bonds. The summed E-state index contributed by atoms with van der Waals surface area (Å²) in [6.07, 6.45) is 0. The molecular weight excluding hydrogens is 286 g/mol. The lowest BCUT2D eigenvalue weighted by atomic mass is 10.3. The summed E-state index contributed by atoms with van der Waals surface area (Å²) in [6, 6.07) is 5.13. The lowest BCUT2D eigenvalue weighted by molar-refractivity contribution is 0.598. The van der Waals surface area contributed by atoms with Crippen molar-refractivity contribution in [2.24, 2.45) is 0 Å². The zero-order valence-electron chi connectivity index (χ0n) is 10.4. The summed E-state index contributed by atoms with van der Waals surface area (Å²) in [6.45, 7) is 1.57. The van der Waals surface area contributed by atoms with Crippen molar-refractivity contribution in [1.29, 1.82) is 0 Å². The number of hydrogen-bond acceptors (Lipinski definition) is 5. The molecule has 0 saturated heterocycles. The first-order valence-electron chi connectivity index (χ1n) is 5.75. The molecule has 6 nitrogen and oxygen atoms in total. The number of H-pyrrole nitrogens is 1. The molecule has 1 aromatic carbocycles. The highest BCUT2D eigenvalue weighted by Crippen LogP contribution is 2.16. The van der Waals surface area contributed by atoms with Crippen LogP contribution in [0.2, 0.25) is 0 Å². The number of fused-ring (bicyclic) bond motifs is 1. The van der Waals surface area contributed by atoms with Crippen LogP contribution in [-0.2, 0) is 20.6 Å². The van der Waals surface area contributed by atoms with Gasteiger partial charge in [0, 0.05) is 17.2 Å². The summed E-state index contributed by atoms with van der Waals surface area (Å²) in [7, 11) is -4.57. The number of sulfone groups is 1. The Morgan fingerprint density at radius 2 is 2.16 bits per heavy atom. The Balaban J connectivity index is 2.18. The number of aromatic nitrogens is 2. The van der Waals surface area contributed by atoms with E-state index in [1.165, 1.54) is 0 Å². The van der Waals surface area contributed by atoms with E-state index >= 15 is 0 Å². The van der Waals surface area contributed by atoms with Gasteiger partial charge in [-0.3, -0.25) is 4.21 Å². The Morgan fingerprint density at radius 3 is 2.84 bits per heavy atom. The number of nitrogens with zero attached hydrogens (tertiary/aromatic N) is 1. The number of aromatic amines is 1.